The van der Waals surface area contributed by atoms with E-state index in [1.54, 1.807) is 30.3 Å². The molecule has 1 N–H and O–H groups in total. The van der Waals surface area contributed by atoms with E-state index in [0.29, 0.717) is 17.8 Å². The number of rotatable bonds is 5. The largest absolute Gasteiger partial charge is 0.354 e. The van der Waals surface area contributed by atoms with E-state index >= 15 is 0 Å². The smallest absolute Gasteiger partial charge is 0.265 e. The number of anilines is 1. The van der Waals surface area contributed by atoms with Crippen molar-refractivity contribution in [2.24, 2.45) is 0 Å². The third-order valence-corrected chi connectivity index (χ3v) is 7.54. The van der Waals surface area contributed by atoms with E-state index in [9.17, 15) is 13.2 Å². The zero-order valence-electron chi connectivity index (χ0n) is 16.4. The van der Waals surface area contributed by atoms with Crippen LogP contribution in [0.25, 0.3) is 11.1 Å². The van der Waals surface area contributed by atoms with Crippen LogP contribution >= 0.6 is 15.9 Å². The summed E-state index contributed by atoms with van der Waals surface area (Å²) < 4.78 is 28.6. The molecule has 5 nitrogen and oxygen atoms in total. The lowest BCUT2D eigenvalue weighted by atomic mass is 10.0. The van der Waals surface area contributed by atoms with E-state index in [4.69, 9.17) is 0 Å². The van der Waals surface area contributed by atoms with E-state index in [2.05, 4.69) is 21.2 Å². The molecule has 0 unspecified atom stereocenters. The van der Waals surface area contributed by atoms with Crippen molar-refractivity contribution in [1.82, 2.24) is 5.32 Å². The zero-order chi connectivity index (χ0) is 21.3. The van der Waals surface area contributed by atoms with Crippen LogP contribution in [0, 0.1) is 0 Å². The number of hydrogen-bond acceptors (Lipinski definition) is 3. The second-order valence-electron chi connectivity index (χ2n) is 7.29. The highest BCUT2D eigenvalue weighted by molar-refractivity contribution is 9.10. The van der Waals surface area contributed by atoms with Gasteiger partial charge in [0.15, 0.2) is 0 Å². The SMILES string of the molecule is C[C@@H](CNC(=O)CN1c2ccc(Br)cc2-c2ccccc2S1(=O)=O)c1ccccc1. The van der Waals surface area contributed by atoms with Gasteiger partial charge in [-0.15, -0.1) is 0 Å². The highest BCUT2D eigenvalue weighted by Crippen LogP contribution is 2.43. The van der Waals surface area contributed by atoms with E-state index < -0.39 is 10.0 Å². The molecule has 0 aliphatic carbocycles. The predicted octanol–water partition coefficient (Wildman–Crippen LogP) is 4.54. The number of carbonyl (C=O) groups excluding carboxylic acids is 1. The molecule has 7 heteroatoms. The van der Waals surface area contributed by atoms with Crippen molar-refractivity contribution in [1.29, 1.82) is 0 Å². The fourth-order valence-corrected chi connectivity index (χ4v) is 5.64. The molecule has 1 amide bonds. The Kier molecular flexibility index (Phi) is 5.66. The quantitative estimate of drug-likeness (QED) is 0.577. The van der Waals surface area contributed by atoms with Crippen LogP contribution in [0.3, 0.4) is 0 Å². The molecule has 0 radical (unpaired) electrons. The second-order valence-corrected chi connectivity index (χ2v) is 10.0. The summed E-state index contributed by atoms with van der Waals surface area (Å²) in [5, 5.41) is 2.88. The molecule has 1 aliphatic rings. The molecule has 0 spiro atoms. The Morgan fingerprint density at radius 1 is 1.00 bits per heavy atom. The van der Waals surface area contributed by atoms with Gasteiger partial charge >= 0.3 is 0 Å². The minimum atomic E-state index is -3.84. The van der Waals surface area contributed by atoms with Gasteiger partial charge in [0.05, 0.1) is 10.6 Å². The Labute approximate surface area is 184 Å². The van der Waals surface area contributed by atoms with Crippen LogP contribution in [0.2, 0.25) is 0 Å². The van der Waals surface area contributed by atoms with Gasteiger partial charge in [-0.05, 0) is 35.7 Å². The Morgan fingerprint density at radius 2 is 1.70 bits per heavy atom. The molecule has 4 rings (SSSR count). The lowest BCUT2D eigenvalue weighted by molar-refractivity contribution is -0.119. The summed E-state index contributed by atoms with van der Waals surface area (Å²) in [4.78, 5) is 12.9. The molecule has 0 aromatic heterocycles. The normalized spacial score (nSPS) is 15.1. The highest BCUT2D eigenvalue weighted by atomic mass is 79.9. The van der Waals surface area contributed by atoms with Crippen LogP contribution in [-0.4, -0.2) is 27.4 Å². The van der Waals surface area contributed by atoms with Gasteiger partial charge in [-0.1, -0.05) is 71.4 Å². The number of amides is 1. The maximum atomic E-state index is 13.3. The summed E-state index contributed by atoms with van der Waals surface area (Å²) in [6.07, 6.45) is 0. The lowest BCUT2D eigenvalue weighted by Crippen LogP contribution is -2.43. The minimum absolute atomic E-state index is 0.122. The van der Waals surface area contributed by atoms with E-state index in [0.717, 1.165) is 15.6 Å². The van der Waals surface area contributed by atoms with Crippen LogP contribution in [0.15, 0.2) is 82.2 Å². The summed E-state index contributed by atoms with van der Waals surface area (Å²) in [5.74, 6) is -0.216. The molecule has 1 heterocycles. The fraction of sp³-hybridized carbons (Fsp3) is 0.174. The molecule has 0 saturated heterocycles. The van der Waals surface area contributed by atoms with Crippen LogP contribution in [0.5, 0.6) is 0 Å². The first-order chi connectivity index (χ1) is 14.4. The lowest BCUT2D eigenvalue weighted by Gasteiger charge is -2.31. The van der Waals surface area contributed by atoms with Gasteiger partial charge in [0.1, 0.15) is 6.54 Å². The number of halogens is 1. The molecule has 1 aliphatic heterocycles. The van der Waals surface area contributed by atoms with Crippen LogP contribution in [-0.2, 0) is 14.8 Å². The van der Waals surface area contributed by atoms with Gasteiger partial charge in [0, 0.05) is 22.1 Å². The number of hydrogen-bond donors (Lipinski definition) is 1. The number of benzene rings is 3. The van der Waals surface area contributed by atoms with Gasteiger partial charge < -0.3 is 5.32 Å². The number of carbonyl (C=O) groups is 1. The Balaban J connectivity index is 1.59. The second kappa shape index (κ2) is 8.24. The highest BCUT2D eigenvalue weighted by Gasteiger charge is 2.35. The molecular formula is C23H21BrN2O3S. The summed E-state index contributed by atoms with van der Waals surface area (Å²) in [6.45, 7) is 2.18. The summed E-state index contributed by atoms with van der Waals surface area (Å²) >= 11 is 3.46. The van der Waals surface area contributed by atoms with Crippen molar-refractivity contribution >= 4 is 37.5 Å². The fourth-order valence-electron chi connectivity index (χ4n) is 3.63. The monoisotopic (exact) mass is 484 g/mol. The van der Waals surface area contributed by atoms with Gasteiger partial charge in [-0.3, -0.25) is 9.10 Å². The molecule has 3 aromatic carbocycles. The maximum absolute atomic E-state index is 13.3. The van der Waals surface area contributed by atoms with Crippen molar-refractivity contribution in [2.75, 3.05) is 17.4 Å². The standard InChI is InChI=1S/C23H21BrN2O3S/c1-16(17-7-3-2-4-8-17)14-25-23(27)15-26-21-12-11-18(24)13-20(21)19-9-5-6-10-22(19)30(26,28)29/h2-13,16H,14-15H2,1H3,(H,25,27)/t16-/m0/s1. The van der Waals surface area contributed by atoms with Crippen LogP contribution < -0.4 is 9.62 Å². The predicted molar refractivity (Wildman–Crippen MR) is 122 cm³/mol. The summed E-state index contributed by atoms with van der Waals surface area (Å²) in [5.41, 5.74) is 3.04. The minimum Gasteiger partial charge on any atom is -0.354 e. The number of nitrogens with one attached hydrogen (secondary N) is 1. The van der Waals surface area contributed by atoms with Crippen molar-refractivity contribution in [2.45, 2.75) is 17.7 Å². The molecule has 3 aromatic rings. The van der Waals surface area contributed by atoms with Gasteiger partial charge in [-0.2, -0.15) is 0 Å². The van der Waals surface area contributed by atoms with E-state index in [1.807, 2.05) is 49.4 Å². The Morgan fingerprint density at radius 3 is 2.47 bits per heavy atom. The average molecular weight is 485 g/mol. The summed E-state index contributed by atoms with van der Waals surface area (Å²) in [6, 6.07) is 22.2. The van der Waals surface area contributed by atoms with Crippen molar-refractivity contribution in [3.63, 3.8) is 0 Å². The van der Waals surface area contributed by atoms with Gasteiger partial charge in [0.25, 0.3) is 10.0 Å². The molecular weight excluding hydrogens is 464 g/mol. The molecule has 0 bridgehead atoms. The molecule has 0 fully saturated rings. The molecule has 30 heavy (non-hydrogen) atoms. The van der Waals surface area contributed by atoms with E-state index in [1.165, 1.54) is 4.31 Å². The third-order valence-electron chi connectivity index (χ3n) is 5.23. The molecule has 0 saturated carbocycles. The first-order valence-electron chi connectivity index (χ1n) is 9.61. The van der Waals surface area contributed by atoms with Gasteiger partial charge in [0.2, 0.25) is 5.91 Å². The zero-order valence-corrected chi connectivity index (χ0v) is 18.8. The van der Waals surface area contributed by atoms with Crippen LogP contribution in [0.1, 0.15) is 18.4 Å². The first-order valence-corrected chi connectivity index (χ1v) is 11.8. The van der Waals surface area contributed by atoms with Crippen LogP contribution in [0.4, 0.5) is 5.69 Å². The molecule has 154 valence electrons. The Bertz CT molecular complexity index is 1200. The maximum Gasteiger partial charge on any atom is 0.265 e. The van der Waals surface area contributed by atoms with Gasteiger partial charge in [-0.25, -0.2) is 8.42 Å². The van der Waals surface area contributed by atoms with Crippen molar-refractivity contribution in [3.05, 3.63) is 82.8 Å². The molecule has 1 atom stereocenters. The van der Waals surface area contributed by atoms with Crippen molar-refractivity contribution in [3.8, 4) is 11.1 Å². The Hall–Kier alpha value is -2.64. The number of nitrogens with zero attached hydrogens (tertiary/aromatic N) is 1. The van der Waals surface area contributed by atoms with E-state index in [-0.39, 0.29) is 23.3 Å². The number of fused-ring (bicyclic) bond motifs is 3. The first kappa shape index (κ1) is 20.6. The topological polar surface area (TPSA) is 66.5 Å². The van der Waals surface area contributed by atoms with Crippen molar-refractivity contribution < 1.29 is 13.2 Å². The third kappa shape index (κ3) is 3.87. The number of sulfonamides is 1. The summed E-state index contributed by atoms with van der Waals surface area (Å²) in [7, 11) is -3.84. The average Bonchev–Trinajstić information content (AvgIpc) is 2.76.